The van der Waals surface area contributed by atoms with Gasteiger partial charge in [-0.15, -0.1) is 0 Å². The number of phenols is 3. The molecule has 0 saturated carbocycles. The summed E-state index contributed by atoms with van der Waals surface area (Å²) in [5, 5.41) is 30.8. The fourth-order valence-electron chi connectivity index (χ4n) is 0.854. The van der Waals surface area contributed by atoms with Gasteiger partial charge in [-0.05, 0) is 12.1 Å². The maximum Gasteiger partial charge on any atom is 0.332 e. The molecule has 0 saturated heterocycles. The SMILES string of the molecule is NC(=O)NN=Cc1ccc(O)c(O)c1O. The zero-order chi connectivity index (χ0) is 11.4. The molecule has 6 N–H and O–H groups in total. The molecule has 0 radical (unpaired) electrons. The minimum absolute atomic E-state index is 0.124. The Morgan fingerprint density at radius 1 is 1.33 bits per heavy atom. The molecule has 0 unspecified atom stereocenters. The Hall–Kier alpha value is -2.44. The van der Waals surface area contributed by atoms with E-state index in [0.29, 0.717) is 0 Å². The van der Waals surface area contributed by atoms with E-state index in [1.54, 1.807) is 0 Å². The third-order valence-electron chi connectivity index (χ3n) is 1.54. The van der Waals surface area contributed by atoms with E-state index in [1.807, 2.05) is 5.43 Å². The maximum absolute atomic E-state index is 10.2. The highest BCUT2D eigenvalue weighted by atomic mass is 16.3. The Morgan fingerprint density at radius 3 is 2.60 bits per heavy atom. The molecule has 0 aliphatic rings. The van der Waals surface area contributed by atoms with Crippen LogP contribution < -0.4 is 11.2 Å². The summed E-state index contributed by atoms with van der Waals surface area (Å²) in [6, 6.07) is 1.62. The van der Waals surface area contributed by atoms with Crippen LogP contribution in [0.15, 0.2) is 17.2 Å². The standard InChI is InChI=1S/C8H9N3O4/c9-8(15)11-10-3-4-1-2-5(12)7(14)6(4)13/h1-3,12-14H,(H3,9,11,15). The van der Waals surface area contributed by atoms with E-state index in [-0.39, 0.29) is 5.56 Å². The number of carbonyl (C=O) groups excluding carboxylic acids is 1. The third-order valence-corrected chi connectivity index (χ3v) is 1.54. The molecule has 15 heavy (non-hydrogen) atoms. The van der Waals surface area contributed by atoms with E-state index < -0.39 is 23.3 Å². The fourth-order valence-corrected chi connectivity index (χ4v) is 0.854. The van der Waals surface area contributed by atoms with Gasteiger partial charge in [-0.25, -0.2) is 10.2 Å². The van der Waals surface area contributed by atoms with Gasteiger partial charge in [-0.1, -0.05) is 0 Å². The smallest absolute Gasteiger partial charge is 0.332 e. The Bertz CT molecular complexity index is 417. The van der Waals surface area contributed by atoms with Crippen molar-refractivity contribution in [2.75, 3.05) is 0 Å². The van der Waals surface area contributed by atoms with E-state index in [1.165, 1.54) is 12.1 Å². The summed E-state index contributed by atoms with van der Waals surface area (Å²) in [6.45, 7) is 0. The Balaban J connectivity index is 2.92. The van der Waals surface area contributed by atoms with Crippen LogP contribution in [0.2, 0.25) is 0 Å². The summed E-state index contributed by atoms with van der Waals surface area (Å²) < 4.78 is 0. The first-order chi connectivity index (χ1) is 7.02. The van der Waals surface area contributed by atoms with Crippen molar-refractivity contribution >= 4 is 12.2 Å². The van der Waals surface area contributed by atoms with Crippen LogP contribution in [-0.4, -0.2) is 27.6 Å². The number of benzene rings is 1. The van der Waals surface area contributed by atoms with Crippen molar-refractivity contribution in [3.63, 3.8) is 0 Å². The van der Waals surface area contributed by atoms with Gasteiger partial charge in [-0.2, -0.15) is 5.10 Å². The lowest BCUT2D eigenvalue weighted by Gasteiger charge is -2.02. The number of nitrogens with zero attached hydrogens (tertiary/aromatic N) is 1. The molecule has 0 aliphatic carbocycles. The Morgan fingerprint density at radius 2 is 2.00 bits per heavy atom. The molecule has 80 valence electrons. The van der Waals surface area contributed by atoms with Crippen LogP contribution in [0.5, 0.6) is 17.2 Å². The number of phenolic OH excluding ortho intramolecular Hbond substituents is 3. The molecule has 0 fully saturated rings. The summed E-state index contributed by atoms with van der Waals surface area (Å²) in [7, 11) is 0. The molecule has 0 heterocycles. The Labute approximate surface area is 84.5 Å². The molecule has 1 aromatic carbocycles. The van der Waals surface area contributed by atoms with E-state index in [2.05, 4.69) is 5.10 Å². The first kappa shape index (κ1) is 10.6. The molecule has 1 aromatic rings. The second-order valence-electron chi connectivity index (χ2n) is 2.61. The van der Waals surface area contributed by atoms with Gasteiger partial charge in [0.05, 0.1) is 6.21 Å². The van der Waals surface area contributed by atoms with Gasteiger partial charge in [0.1, 0.15) is 0 Å². The third kappa shape index (κ3) is 2.50. The zero-order valence-corrected chi connectivity index (χ0v) is 7.51. The van der Waals surface area contributed by atoms with Crippen LogP contribution in [0.4, 0.5) is 4.79 Å². The van der Waals surface area contributed by atoms with Crippen molar-refractivity contribution in [3.05, 3.63) is 17.7 Å². The highest BCUT2D eigenvalue weighted by Gasteiger charge is 2.08. The topological polar surface area (TPSA) is 128 Å². The lowest BCUT2D eigenvalue weighted by Crippen LogP contribution is -2.24. The molecule has 0 aromatic heterocycles. The fraction of sp³-hybridized carbons (Fsp3) is 0. The van der Waals surface area contributed by atoms with Crippen LogP contribution >= 0.6 is 0 Å². The first-order valence-corrected chi connectivity index (χ1v) is 3.84. The molecule has 2 amide bonds. The van der Waals surface area contributed by atoms with Crippen molar-refractivity contribution in [2.24, 2.45) is 10.8 Å². The van der Waals surface area contributed by atoms with Crippen molar-refractivity contribution in [1.82, 2.24) is 5.43 Å². The van der Waals surface area contributed by atoms with Crippen molar-refractivity contribution in [2.45, 2.75) is 0 Å². The summed E-state index contributed by atoms with van der Waals surface area (Å²) in [6.07, 6.45) is 1.07. The van der Waals surface area contributed by atoms with Crippen LogP contribution in [-0.2, 0) is 0 Å². The summed E-state index contributed by atoms with van der Waals surface area (Å²) >= 11 is 0. The van der Waals surface area contributed by atoms with Crippen molar-refractivity contribution in [1.29, 1.82) is 0 Å². The summed E-state index contributed by atoms with van der Waals surface area (Å²) in [5.74, 6) is -1.64. The number of hydrazone groups is 1. The quantitative estimate of drug-likeness (QED) is 0.263. The first-order valence-electron chi connectivity index (χ1n) is 3.84. The van der Waals surface area contributed by atoms with E-state index >= 15 is 0 Å². The van der Waals surface area contributed by atoms with Crippen LogP contribution in [0, 0.1) is 0 Å². The van der Waals surface area contributed by atoms with Crippen LogP contribution in [0.3, 0.4) is 0 Å². The lowest BCUT2D eigenvalue weighted by molar-refractivity contribution is 0.249. The zero-order valence-electron chi connectivity index (χ0n) is 7.51. The second kappa shape index (κ2) is 4.18. The second-order valence-corrected chi connectivity index (χ2v) is 2.61. The van der Waals surface area contributed by atoms with Crippen LogP contribution in [0.1, 0.15) is 5.56 Å². The largest absolute Gasteiger partial charge is 0.504 e. The summed E-state index contributed by atoms with van der Waals surface area (Å²) in [5.41, 5.74) is 6.77. The number of urea groups is 1. The van der Waals surface area contributed by atoms with Gasteiger partial charge in [0.2, 0.25) is 5.75 Å². The highest BCUT2D eigenvalue weighted by molar-refractivity contribution is 5.86. The Kier molecular flexibility index (Phi) is 2.97. The molecule has 0 atom stereocenters. The number of carbonyl (C=O) groups is 1. The molecule has 0 bridgehead atoms. The molecule has 0 spiro atoms. The lowest BCUT2D eigenvalue weighted by atomic mass is 10.2. The van der Waals surface area contributed by atoms with Gasteiger partial charge >= 0.3 is 6.03 Å². The van der Waals surface area contributed by atoms with Gasteiger partial charge in [0.15, 0.2) is 11.5 Å². The number of rotatable bonds is 2. The number of hydrogen-bond acceptors (Lipinski definition) is 5. The number of amides is 2. The average Bonchev–Trinajstić information content (AvgIpc) is 2.18. The monoisotopic (exact) mass is 211 g/mol. The van der Waals surface area contributed by atoms with E-state index in [0.717, 1.165) is 6.21 Å². The summed E-state index contributed by atoms with van der Waals surface area (Å²) in [4.78, 5) is 10.2. The van der Waals surface area contributed by atoms with Crippen molar-refractivity contribution in [3.8, 4) is 17.2 Å². The van der Waals surface area contributed by atoms with Gasteiger partial charge < -0.3 is 21.1 Å². The van der Waals surface area contributed by atoms with Gasteiger partial charge in [0, 0.05) is 5.56 Å². The van der Waals surface area contributed by atoms with Crippen molar-refractivity contribution < 1.29 is 20.1 Å². The van der Waals surface area contributed by atoms with E-state index in [4.69, 9.17) is 15.9 Å². The predicted octanol–water partition coefficient (Wildman–Crippen LogP) is -0.194. The molecular weight excluding hydrogens is 202 g/mol. The maximum atomic E-state index is 10.2. The van der Waals surface area contributed by atoms with Gasteiger partial charge in [0.25, 0.3) is 0 Å². The number of nitrogens with two attached hydrogens (primary N) is 1. The minimum atomic E-state index is -0.853. The number of hydrogen-bond donors (Lipinski definition) is 5. The number of primary amides is 1. The van der Waals surface area contributed by atoms with Gasteiger partial charge in [-0.3, -0.25) is 0 Å². The normalized spacial score (nSPS) is 10.4. The molecule has 0 aliphatic heterocycles. The van der Waals surface area contributed by atoms with E-state index in [9.17, 15) is 9.90 Å². The molecule has 7 nitrogen and oxygen atoms in total. The molecule has 1 rings (SSSR count). The predicted molar refractivity (Wildman–Crippen MR) is 51.7 cm³/mol. The number of nitrogens with one attached hydrogen (secondary N) is 1. The number of aromatic hydroxyl groups is 3. The molecule has 7 heteroatoms. The highest BCUT2D eigenvalue weighted by Crippen LogP contribution is 2.35. The minimum Gasteiger partial charge on any atom is -0.504 e. The van der Waals surface area contributed by atoms with Crippen LogP contribution in [0.25, 0.3) is 0 Å². The molecular formula is C8H9N3O4. The average molecular weight is 211 g/mol.